The number of oxime groups is 1. The molecule has 3 heterocycles. The SMILES string of the molecule is CCC1=C(C(=O)O)N2C(=O)[C@@H](NC(=O)/C(=N\O[C@@H](C)C(=O)O)c3csc(N)n3)[C@H]2SC1. The van der Waals surface area contributed by atoms with Crippen LogP contribution in [0.3, 0.4) is 0 Å². The summed E-state index contributed by atoms with van der Waals surface area (Å²) in [5, 5.41) is 25.6. The lowest BCUT2D eigenvalue weighted by molar-refractivity contribution is -0.150. The Morgan fingerprint density at radius 2 is 2.16 bits per heavy atom. The number of carbonyl (C=O) groups excluding carboxylic acids is 2. The zero-order valence-electron chi connectivity index (χ0n) is 16.4. The predicted octanol–water partition coefficient (Wildman–Crippen LogP) is 0.0677. The maximum absolute atomic E-state index is 12.8. The van der Waals surface area contributed by atoms with Gasteiger partial charge in [0.25, 0.3) is 11.8 Å². The largest absolute Gasteiger partial charge is 0.478 e. The minimum absolute atomic E-state index is 0.0527. The lowest BCUT2D eigenvalue weighted by atomic mass is 10.0. The number of thiazole rings is 1. The van der Waals surface area contributed by atoms with Crippen molar-refractivity contribution in [3.8, 4) is 0 Å². The highest BCUT2D eigenvalue weighted by molar-refractivity contribution is 8.00. The molecule has 2 aliphatic rings. The van der Waals surface area contributed by atoms with E-state index in [2.05, 4.69) is 15.5 Å². The maximum Gasteiger partial charge on any atom is 0.352 e. The van der Waals surface area contributed by atoms with Gasteiger partial charge in [-0.3, -0.25) is 14.5 Å². The van der Waals surface area contributed by atoms with Gasteiger partial charge >= 0.3 is 11.9 Å². The lowest BCUT2D eigenvalue weighted by Gasteiger charge is -2.49. The molecule has 0 radical (unpaired) electrons. The van der Waals surface area contributed by atoms with Crippen molar-refractivity contribution in [1.29, 1.82) is 0 Å². The van der Waals surface area contributed by atoms with E-state index in [4.69, 9.17) is 15.7 Å². The highest BCUT2D eigenvalue weighted by atomic mass is 32.2. The fourth-order valence-electron chi connectivity index (χ4n) is 2.94. The first kappa shape index (κ1) is 22.6. The van der Waals surface area contributed by atoms with Crippen LogP contribution in [-0.2, 0) is 24.0 Å². The van der Waals surface area contributed by atoms with Gasteiger partial charge in [0, 0.05) is 11.1 Å². The van der Waals surface area contributed by atoms with Crippen molar-refractivity contribution in [3.05, 3.63) is 22.3 Å². The minimum Gasteiger partial charge on any atom is -0.478 e. The summed E-state index contributed by atoms with van der Waals surface area (Å²) in [4.78, 5) is 58.1. The summed E-state index contributed by atoms with van der Waals surface area (Å²) < 4.78 is 0. The van der Waals surface area contributed by atoms with Crippen LogP contribution in [0.15, 0.2) is 21.8 Å². The van der Waals surface area contributed by atoms with Crippen LogP contribution in [0.25, 0.3) is 0 Å². The van der Waals surface area contributed by atoms with E-state index < -0.39 is 41.3 Å². The van der Waals surface area contributed by atoms with E-state index >= 15 is 0 Å². The van der Waals surface area contributed by atoms with Gasteiger partial charge in [0.15, 0.2) is 10.8 Å². The Kier molecular flexibility index (Phi) is 6.50. The van der Waals surface area contributed by atoms with E-state index in [0.717, 1.165) is 11.3 Å². The number of aromatic nitrogens is 1. The van der Waals surface area contributed by atoms with Crippen LogP contribution in [-0.4, -0.2) is 72.8 Å². The van der Waals surface area contributed by atoms with Gasteiger partial charge in [-0.1, -0.05) is 12.1 Å². The summed E-state index contributed by atoms with van der Waals surface area (Å²) in [6, 6.07) is -0.983. The van der Waals surface area contributed by atoms with E-state index in [9.17, 15) is 24.3 Å². The molecule has 2 amide bonds. The average Bonchev–Trinajstić information content (AvgIpc) is 3.16. The third-order valence-electron chi connectivity index (χ3n) is 4.59. The van der Waals surface area contributed by atoms with E-state index in [1.807, 2.05) is 6.92 Å². The highest BCUT2D eigenvalue weighted by Gasteiger charge is 2.54. The Hall–Kier alpha value is -3.13. The molecular formula is C17H19N5O7S2. The Bertz CT molecular complexity index is 1000. The highest BCUT2D eigenvalue weighted by Crippen LogP contribution is 2.41. The van der Waals surface area contributed by atoms with Gasteiger partial charge in [-0.2, -0.15) is 0 Å². The molecule has 0 spiro atoms. The van der Waals surface area contributed by atoms with E-state index in [1.165, 1.54) is 29.0 Å². The number of β-lactam (4-membered cyclic amide) rings is 1. The number of thioether (sulfide) groups is 1. The zero-order chi connectivity index (χ0) is 22.9. The predicted molar refractivity (Wildman–Crippen MR) is 111 cm³/mol. The Labute approximate surface area is 184 Å². The lowest BCUT2D eigenvalue weighted by Crippen LogP contribution is -2.71. The van der Waals surface area contributed by atoms with Crippen molar-refractivity contribution in [3.63, 3.8) is 0 Å². The summed E-state index contributed by atoms with van der Waals surface area (Å²) in [6.45, 7) is 3.04. The van der Waals surface area contributed by atoms with Crippen molar-refractivity contribution in [2.75, 3.05) is 11.5 Å². The zero-order valence-corrected chi connectivity index (χ0v) is 18.0. The molecule has 3 atom stereocenters. The van der Waals surface area contributed by atoms with Crippen molar-refractivity contribution < 1.29 is 34.2 Å². The molecule has 1 aromatic rings. The molecule has 0 unspecified atom stereocenters. The molecule has 0 saturated carbocycles. The standard InChI is InChI=1S/C17H19N5O7S2/c1-3-7-4-30-14-10(13(24)22(14)11(7)16(27)28)20-12(23)9(8-5-31-17(18)19-8)21-29-6(2)15(25)26/h5-6,10,14H,3-4H2,1-2H3,(H2,18,19)(H,20,23)(H,25,26)(H,27,28)/b21-9-/t6-,10+,14+/m0/s1. The number of carbonyl (C=O) groups is 4. The fourth-order valence-corrected chi connectivity index (χ4v) is 4.94. The number of carboxylic acids is 2. The summed E-state index contributed by atoms with van der Waals surface area (Å²) in [7, 11) is 0. The van der Waals surface area contributed by atoms with Gasteiger partial charge in [-0.05, 0) is 18.9 Å². The number of hydrogen-bond donors (Lipinski definition) is 4. The smallest absolute Gasteiger partial charge is 0.352 e. The van der Waals surface area contributed by atoms with Gasteiger partial charge in [0.05, 0.1) is 0 Å². The Balaban J connectivity index is 1.81. The third-order valence-corrected chi connectivity index (χ3v) is 6.61. The topological polar surface area (TPSA) is 185 Å². The monoisotopic (exact) mass is 469 g/mol. The first-order valence-corrected chi connectivity index (χ1v) is 11.0. The van der Waals surface area contributed by atoms with E-state index in [0.29, 0.717) is 17.7 Å². The number of nitrogen functional groups attached to an aromatic ring is 1. The number of carboxylic acid groups (broad SMARTS) is 2. The number of rotatable bonds is 8. The van der Waals surface area contributed by atoms with Crippen LogP contribution in [0.2, 0.25) is 0 Å². The van der Waals surface area contributed by atoms with E-state index in [1.54, 1.807) is 0 Å². The van der Waals surface area contributed by atoms with Crippen LogP contribution in [0, 0.1) is 0 Å². The summed E-state index contributed by atoms with van der Waals surface area (Å²) in [5.74, 6) is -3.46. The number of aliphatic carboxylic acids is 2. The number of amides is 2. The number of hydrogen-bond acceptors (Lipinski definition) is 10. The fraction of sp³-hybridized carbons (Fsp3) is 0.412. The molecule has 0 aliphatic carbocycles. The van der Waals surface area contributed by atoms with Crippen LogP contribution in [0.5, 0.6) is 0 Å². The van der Waals surface area contributed by atoms with Gasteiger partial charge in [0.1, 0.15) is 22.8 Å². The molecule has 31 heavy (non-hydrogen) atoms. The minimum atomic E-state index is -1.33. The molecule has 5 N–H and O–H groups in total. The van der Waals surface area contributed by atoms with Crippen LogP contribution in [0.4, 0.5) is 5.13 Å². The molecule has 0 bridgehead atoms. The molecule has 1 fully saturated rings. The third kappa shape index (κ3) is 4.34. The molecule has 1 saturated heterocycles. The number of nitrogens with two attached hydrogens (primary N) is 1. The summed E-state index contributed by atoms with van der Waals surface area (Å²) >= 11 is 2.38. The quantitative estimate of drug-likeness (QED) is 0.231. The van der Waals surface area contributed by atoms with Crippen LogP contribution < -0.4 is 11.1 Å². The van der Waals surface area contributed by atoms with E-state index in [-0.39, 0.29) is 22.2 Å². The summed E-state index contributed by atoms with van der Waals surface area (Å²) in [6.07, 6.45) is -0.840. The Morgan fingerprint density at radius 1 is 1.45 bits per heavy atom. The second-order valence-electron chi connectivity index (χ2n) is 6.57. The normalized spacial score (nSPS) is 21.8. The molecule has 3 rings (SSSR count). The van der Waals surface area contributed by atoms with Crippen molar-refractivity contribution in [2.45, 2.75) is 37.8 Å². The molecule has 1 aromatic heterocycles. The van der Waals surface area contributed by atoms with Gasteiger partial charge in [-0.25, -0.2) is 14.6 Å². The van der Waals surface area contributed by atoms with Gasteiger partial charge < -0.3 is 26.1 Å². The molecule has 2 aliphatic heterocycles. The first-order valence-electron chi connectivity index (χ1n) is 9.04. The average molecular weight is 470 g/mol. The van der Waals surface area contributed by atoms with Crippen LogP contribution >= 0.6 is 23.1 Å². The van der Waals surface area contributed by atoms with Crippen LogP contribution in [0.1, 0.15) is 26.0 Å². The Morgan fingerprint density at radius 3 is 2.71 bits per heavy atom. The maximum atomic E-state index is 12.8. The number of nitrogens with one attached hydrogen (secondary N) is 1. The number of anilines is 1. The summed E-state index contributed by atoms with van der Waals surface area (Å²) in [5.41, 5.74) is 5.89. The molecule has 166 valence electrons. The number of fused-ring (bicyclic) bond motifs is 1. The van der Waals surface area contributed by atoms with Gasteiger partial charge in [-0.15, -0.1) is 23.1 Å². The molecule has 14 heteroatoms. The first-order chi connectivity index (χ1) is 14.6. The van der Waals surface area contributed by atoms with Crippen molar-refractivity contribution >= 4 is 57.7 Å². The number of nitrogens with zero attached hydrogens (tertiary/aromatic N) is 3. The molecule has 0 aromatic carbocycles. The molecule has 12 nitrogen and oxygen atoms in total. The second-order valence-corrected chi connectivity index (χ2v) is 8.56. The van der Waals surface area contributed by atoms with Gasteiger partial charge in [0.2, 0.25) is 6.10 Å². The molecular weight excluding hydrogens is 450 g/mol. The van der Waals surface area contributed by atoms with Crippen molar-refractivity contribution in [1.82, 2.24) is 15.2 Å². The van der Waals surface area contributed by atoms with Crippen molar-refractivity contribution in [2.24, 2.45) is 5.16 Å². The second kappa shape index (κ2) is 8.93.